The van der Waals surface area contributed by atoms with Crippen molar-refractivity contribution in [3.8, 4) is 11.3 Å². The number of allylic oxidation sites excluding steroid dienone is 1. The number of aromatic nitrogens is 1. The maximum atomic E-state index is 10.5. The van der Waals surface area contributed by atoms with Crippen molar-refractivity contribution in [2.45, 2.75) is 83.5 Å². The maximum absolute atomic E-state index is 10.5. The summed E-state index contributed by atoms with van der Waals surface area (Å²) < 4.78 is 0. The van der Waals surface area contributed by atoms with E-state index in [1.165, 1.54) is 74.1 Å². The fourth-order valence-electron chi connectivity index (χ4n) is 4.74. The number of unbranched alkanes of at least 4 members (excludes halogenated alkanes) is 3. The molecule has 3 nitrogen and oxygen atoms in total. The number of aliphatic carboxylic acids is 1. The molecule has 3 heteroatoms. The number of aryl methyl sites for hydroxylation is 1. The molecule has 0 spiro atoms. The van der Waals surface area contributed by atoms with Crippen LogP contribution in [0.1, 0.15) is 88.2 Å². The van der Waals surface area contributed by atoms with Crippen LogP contribution in [0.3, 0.4) is 0 Å². The predicted molar refractivity (Wildman–Crippen MR) is 128 cm³/mol. The van der Waals surface area contributed by atoms with Gasteiger partial charge in [-0.3, -0.25) is 4.98 Å². The zero-order valence-electron chi connectivity index (χ0n) is 18.9. The summed E-state index contributed by atoms with van der Waals surface area (Å²) in [5.74, 6) is 0.627. The lowest BCUT2D eigenvalue weighted by molar-refractivity contribution is -0.131. The number of hydrogen-bond donors (Lipinski definition) is 1. The molecule has 1 aromatic heterocycles. The number of rotatable bonds is 11. The summed E-state index contributed by atoms with van der Waals surface area (Å²) in [6.45, 7) is 2.24. The minimum Gasteiger partial charge on any atom is -0.478 e. The van der Waals surface area contributed by atoms with Crippen LogP contribution in [-0.2, 0) is 11.2 Å². The number of carboxylic acid groups (broad SMARTS) is 1. The Morgan fingerprint density at radius 2 is 1.81 bits per heavy atom. The van der Waals surface area contributed by atoms with E-state index in [9.17, 15) is 4.79 Å². The summed E-state index contributed by atoms with van der Waals surface area (Å²) >= 11 is 0. The first kappa shape index (κ1) is 23.2. The summed E-state index contributed by atoms with van der Waals surface area (Å²) in [7, 11) is 0. The van der Waals surface area contributed by atoms with Crippen molar-refractivity contribution >= 4 is 5.97 Å². The lowest BCUT2D eigenvalue weighted by Crippen LogP contribution is -2.13. The zero-order chi connectivity index (χ0) is 21.9. The number of hydrogen-bond acceptors (Lipinski definition) is 2. The van der Waals surface area contributed by atoms with Crippen LogP contribution in [0.2, 0.25) is 0 Å². The largest absolute Gasteiger partial charge is 0.478 e. The van der Waals surface area contributed by atoms with E-state index >= 15 is 0 Å². The van der Waals surface area contributed by atoms with Crippen molar-refractivity contribution in [2.75, 3.05) is 0 Å². The van der Waals surface area contributed by atoms with Gasteiger partial charge in [0, 0.05) is 17.8 Å². The molecule has 0 bridgehead atoms. The van der Waals surface area contributed by atoms with Crippen LogP contribution >= 0.6 is 0 Å². The van der Waals surface area contributed by atoms with Crippen LogP contribution in [0.4, 0.5) is 0 Å². The van der Waals surface area contributed by atoms with Gasteiger partial charge in [-0.15, -0.1) is 0 Å². The Kier molecular flexibility index (Phi) is 9.33. The van der Waals surface area contributed by atoms with Gasteiger partial charge in [0.1, 0.15) is 0 Å². The highest BCUT2D eigenvalue weighted by Crippen LogP contribution is 2.38. The van der Waals surface area contributed by atoms with E-state index in [2.05, 4.69) is 43.3 Å². The van der Waals surface area contributed by atoms with E-state index < -0.39 is 5.97 Å². The highest BCUT2D eigenvalue weighted by Gasteiger charge is 2.22. The number of carbonyl (C=O) groups is 1. The first-order valence-electron chi connectivity index (χ1n) is 12.1. The third kappa shape index (κ3) is 7.65. The van der Waals surface area contributed by atoms with Gasteiger partial charge in [-0.1, -0.05) is 62.6 Å². The third-order valence-corrected chi connectivity index (χ3v) is 6.66. The van der Waals surface area contributed by atoms with Crippen LogP contribution in [0.5, 0.6) is 0 Å². The van der Waals surface area contributed by atoms with Crippen molar-refractivity contribution in [3.63, 3.8) is 0 Å². The quantitative estimate of drug-likeness (QED) is 0.302. The van der Waals surface area contributed by atoms with E-state index in [-0.39, 0.29) is 0 Å². The van der Waals surface area contributed by atoms with Crippen molar-refractivity contribution < 1.29 is 9.90 Å². The van der Waals surface area contributed by atoms with E-state index in [4.69, 9.17) is 10.1 Å². The van der Waals surface area contributed by atoms with Crippen LogP contribution in [-0.4, -0.2) is 16.1 Å². The van der Waals surface area contributed by atoms with Crippen LogP contribution in [0.25, 0.3) is 11.3 Å². The Hall–Kier alpha value is -2.42. The molecule has 0 unspecified atom stereocenters. The maximum Gasteiger partial charge on any atom is 0.327 e. The Balaban J connectivity index is 1.45. The molecular formula is C28H37NO2. The van der Waals surface area contributed by atoms with Crippen molar-refractivity contribution in [3.05, 3.63) is 65.9 Å². The second kappa shape index (κ2) is 12.4. The molecule has 166 valence electrons. The van der Waals surface area contributed by atoms with Gasteiger partial charge < -0.3 is 5.11 Å². The second-order valence-corrected chi connectivity index (χ2v) is 9.02. The average Bonchev–Trinajstić information content (AvgIpc) is 2.80. The van der Waals surface area contributed by atoms with Gasteiger partial charge >= 0.3 is 5.97 Å². The van der Waals surface area contributed by atoms with Crippen LogP contribution in [0, 0.1) is 5.92 Å². The van der Waals surface area contributed by atoms with Crippen molar-refractivity contribution in [1.29, 1.82) is 0 Å². The monoisotopic (exact) mass is 419 g/mol. The Bertz CT molecular complexity index is 815. The molecule has 0 saturated heterocycles. The van der Waals surface area contributed by atoms with E-state index in [1.807, 2.05) is 6.20 Å². The smallest absolute Gasteiger partial charge is 0.327 e. The fraction of sp³-hybridized carbons (Fsp3) is 0.500. The number of nitrogens with zero attached hydrogens (tertiary/aromatic N) is 1. The molecule has 1 aliphatic carbocycles. The van der Waals surface area contributed by atoms with Gasteiger partial charge in [-0.2, -0.15) is 0 Å². The molecule has 1 saturated carbocycles. The fourth-order valence-corrected chi connectivity index (χ4v) is 4.74. The Labute approximate surface area is 187 Å². The standard InChI is InChI=1S/C28H37NO2/c1-2-3-5-9-23-13-20-27(29-21-23)26-18-16-25(17-19-26)24-14-11-22(12-15-24)8-6-4-7-10-28(30)31/h7,10,13,16-22,24H,2-6,8-9,11-12,14-15H2,1H3,(H,30,31)/b10-7+. The topological polar surface area (TPSA) is 50.2 Å². The third-order valence-electron chi connectivity index (χ3n) is 6.66. The molecule has 31 heavy (non-hydrogen) atoms. The van der Waals surface area contributed by atoms with Crippen molar-refractivity contribution in [2.24, 2.45) is 5.92 Å². The molecule has 1 aliphatic rings. The summed E-state index contributed by atoms with van der Waals surface area (Å²) in [6, 6.07) is 13.4. The summed E-state index contributed by atoms with van der Waals surface area (Å²) in [5.41, 5.74) is 5.06. The van der Waals surface area contributed by atoms with E-state index in [0.29, 0.717) is 5.92 Å². The molecule has 0 aliphatic heterocycles. The molecule has 1 N–H and O–H groups in total. The van der Waals surface area contributed by atoms with Crippen LogP contribution < -0.4 is 0 Å². The van der Waals surface area contributed by atoms with Gasteiger partial charge in [-0.25, -0.2) is 4.79 Å². The molecule has 0 atom stereocenters. The Morgan fingerprint density at radius 1 is 1.03 bits per heavy atom. The number of pyridine rings is 1. The minimum atomic E-state index is -0.846. The number of benzene rings is 1. The molecule has 0 radical (unpaired) electrons. The van der Waals surface area contributed by atoms with Crippen molar-refractivity contribution in [1.82, 2.24) is 4.98 Å². The highest BCUT2D eigenvalue weighted by atomic mass is 16.4. The van der Waals surface area contributed by atoms with Gasteiger partial charge in [0.15, 0.2) is 0 Å². The molecule has 1 aromatic carbocycles. The first-order chi connectivity index (χ1) is 15.2. The lowest BCUT2D eigenvalue weighted by atomic mass is 9.77. The van der Waals surface area contributed by atoms with Gasteiger partial charge in [0.05, 0.1) is 5.69 Å². The van der Waals surface area contributed by atoms with Gasteiger partial charge in [0.2, 0.25) is 0 Å². The SMILES string of the molecule is CCCCCc1ccc(-c2ccc(C3CCC(CCC/C=C/C(=O)O)CC3)cc2)nc1. The zero-order valence-corrected chi connectivity index (χ0v) is 18.9. The molecule has 2 aromatic rings. The van der Waals surface area contributed by atoms with Crippen LogP contribution in [0.15, 0.2) is 54.7 Å². The summed E-state index contributed by atoms with van der Waals surface area (Å²) in [5, 5.41) is 8.64. The molecule has 3 rings (SSSR count). The second-order valence-electron chi connectivity index (χ2n) is 9.02. The molecule has 1 heterocycles. The van der Waals surface area contributed by atoms with E-state index in [0.717, 1.165) is 30.9 Å². The lowest BCUT2D eigenvalue weighted by Gasteiger charge is -2.29. The number of carboxylic acids is 1. The summed E-state index contributed by atoms with van der Waals surface area (Å²) in [4.78, 5) is 15.2. The van der Waals surface area contributed by atoms with Gasteiger partial charge in [0.25, 0.3) is 0 Å². The highest BCUT2D eigenvalue weighted by molar-refractivity contribution is 5.79. The average molecular weight is 420 g/mol. The molecule has 0 amide bonds. The Morgan fingerprint density at radius 3 is 2.45 bits per heavy atom. The molecule has 1 fully saturated rings. The van der Waals surface area contributed by atoms with E-state index in [1.54, 1.807) is 6.08 Å². The normalized spacial score (nSPS) is 19.0. The minimum absolute atomic E-state index is 0.672. The molecular weight excluding hydrogens is 382 g/mol. The first-order valence-corrected chi connectivity index (χ1v) is 12.1. The summed E-state index contributed by atoms with van der Waals surface area (Å²) in [6.07, 6.45) is 18.3. The van der Waals surface area contributed by atoms with Gasteiger partial charge in [-0.05, 0) is 80.4 Å². The predicted octanol–water partition coefficient (Wildman–Crippen LogP) is 7.57.